The summed E-state index contributed by atoms with van der Waals surface area (Å²) in [5.41, 5.74) is 0.669. The van der Waals surface area contributed by atoms with E-state index in [1.54, 1.807) is 0 Å². The number of carbonyl (C=O) groups is 1. The molecule has 0 N–H and O–H groups in total. The molecule has 0 aromatic heterocycles. The van der Waals surface area contributed by atoms with Gasteiger partial charge in [0, 0.05) is 5.92 Å². The van der Waals surface area contributed by atoms with Crippen molar-refractivity contribution in [2.45, 2.75) is 84.0 Å². The van der Waals surface area contributed by atoms with Crippen molar-refractivity contribution in [1.29, 1.82) is 0 Å². The van der Waals surface area contributed by atoms with Gasteiger partial charge >= 0.3 is 0 Å². The van der Waals surface area contributed by atoms with Crippen LogP contribution in [0.1, 0.15) is 84.0 Å². The molecule has 2 fully saturated rings. The smallest absolute Gasteiger partial charge is 0.123 e. The van der Waals surface area contributed by atoms with E-state index in [-0.39, 0.29) is 0 Å². The Morgan fingerprint density at radius 3 is 2.28 bits per heavy atom. The van der Waals surface area contributed by atoms with Crippen molar-refractivity contribution < 1.29 is 4.79 Å². The molecule has 2 aliphatic carbocycles. The topological polar surface area (TPSA) is 17.1 Å². The van der Waals surface area contributed by atoms with Gasteiger partial charge < -0.3 is 4.79 Å². The van der Waals surface area contributed by atoms with Crippen LogP contribution in [0.25, 0.3) is 0 Å². The first-order valence-corrected chi connectivity index (χ1v) is 8.26. The molecule has 2 aliphatic rings. The second-order valence-electron chi connectivity index (χ2n) is 6.77. The third kappa shape index (κ3) is 3.16. The van der Waals surface area contributed by atoms with Crippen molar-refractivity contribution in [3.63, 3.8) is 0 Å². The number of hydrogen-bond acceptors (Lipinski definition) is 1. The van der Waals surface area contributed by atoms with Crippen LogP contribution in [0.2, 0.25) is 0 Å². The van der Waals surface area contributed by atoms with E-state index in [4.69, 9.17) is 0 Å². The van der Waals surface area contributed by atoms with Crippen LogP contribution in [0.4, 0.5) is 0 Å². The van der Waals surface area contributed by atoms with Gasteiger partial charge in [0.1, 0.15) is 6.29 Å². The van der Waals surface area contributed by atoms with E-state index in [0.717, 1.165) is 5.92 Å². The highest BCUT2D eigenvalue weighted by atomic mass is 16.1. The Labute approximate surface area is 113 Å². The molecule has 0 amide bonds. The minimum absolute atomic E-state index is 0.382. The van der Waals surface area contributed by atoms with Gasteiger partial charge in [0.15, 0.2) is 0 Å². The van der Waals surface area contributed by atoms with Crippen molar-refractivity contribution in [3.8, 4) is 0 Å². The molecule has 0 bridgehead atoms. The fraction of sp³-hybridized carbons (Fsp3) is 0.941. The lowest BCUT2D eigenvalue weighted by Crippen LogP contribution is -2.35. The van der Waals surface area contributed by atoms with E-state index in [1.165, 1.54) is 83.3 Å². The predicted molar refractivity (Wildman–Crippen MR) is 76.6 cm³/mol. The summed E-state index contributed by atoms with van der Waals surface area (Å²) in [4.78, 5) is 10.9. The second kappa shape index (κ2) is 6.73. The van der Waals surface area contributed by atoms with Crippen LogP contribution in [0.15, 0.2) is 0 Å². The van der Waals surface area contributed by atoms with Gasteiger partial charge in [-0.15, -0.1) is 0 Å². The minimum Gasteiger partial charge on any atom is -0.303 e. The Kier molecular flexibility index (Phi) is 5.26. The van der Waals surface area contributed by atoms with Gasteiger partial charge in [-0.2, -0.15) is 0 Å². The van der Waals surface area contributed by atoms with E-state index in [1.807, 2.05) is 0 Å². The average Bonchev–Trinajstić information content (AvgIpc) is 2.46. The van der Waals surface area contributed by atoms with Crippen molar-refractivity contribution in [2.75, 3.05) is 0 Å². The molecule has 0 atom stereocenters. The largest absolute Gasteiger partial charge is 0.303 e. The van der Waals surface area contributed by atoms with Crippen LogP contribution in [0, 0.1) is 17.3 Å². The van der Waals surface area contributed by atoms with E-state index in [0.29, 0.717) is 11.3 Å². The lowest BCUT2D eigenvalue weighted by molar-refractivity contribution is -0.112. The number of aldehydes is 1. The van der Waals surface area contributed by atoms with Gasteiger partial charge in [-0.1, -0.05) is 39.0 Å². The molecule has 0 aromatic rings. The molecule has 2 rings (SSSR count). The normalized spacial score (nSPS) is 32.1. The Morgan fingerprint density at radius 1 is 1.06 bits per heavy atom. The molecule has 0 heterocycles. The van der Waals surface area contributed by atoms with E-state index in [2.05, 4.69) is 6.92 Å². The zero-order valence-electron chi connectivity index (χ0n) is 12.1. The van der Waals surface area contributed by atoms with Crippen LogP contribution < -0.4 is 0 Å². The Hall–Kier alpha value is -0.330. The first-order chi connectivity index (χ1) is 8.80. The standard InChI is InChI=1S/C17H30O/c1-2-3-11-17(12-5-4-6-13-17)16-9-7-15(14-18)8-10-16/h14-16H,2-13H2,1H3. The van der Waals surface area contributed by atoms with Gasteiger partial charge in [-0.25, -0.2) is 0 Å². The molecular weight excluding hydrogens is 220 g/mol. The Balaban J connectivity index is 1.97. The van der Waals surface area contributed by atoms with Crippen molar-refractivity contribution in [3.05, 3.63) is 0 Å². The zero-order chi connectivity index (χ0) is 12.8. The van der Waals surface area contributed by atoms with Gasteiger partial charge in [0.05, 0.1) is 0 Å². The van der Waals surface area contributed by atoms with Crippen LogP contribution in [0.5, 0.6) is 0 Å². The molecule has 2 saturated carbocycles. The van der Waals surface area contributed by atoms with Crippen LogP contribution in [-0.4, -0.2) is 6.29 Å². The molecule has 1 heteroatoms. The number of carbonyl (C=O) groups excluding carboxylic acids is 1. The minimum atomic E-state index is 0.382. The molecule has 0 saturated heterocycles. The third-order valence-corrected chi connectivity index (χ3v) is 5.71. The van der Waals surface area contributed by atoms with Crippen molar-refractivity contribution in [2.24, 2.45) is 17.3 Å². The predicted octanol–water partition coefficient (Wildman–Crippen LogP) is 5.13. The first-order valence-electron chi connectivity index (χ1n) is 8.26. The second-order valence-corrected chi connectivity index (χ2v) is 6.77. The highest BCUT2D eigenvalue weighted by Gasteiger charge is 2.40. The van der Waals surface area contributed by atoms with Gasteiger partial charge in [0.2, 0.25) is 0 Å². The SMILES string of the molecule is CCCCC1(C2CCC(C=O)CC2)CCCCC1. The van der Waals surface area contributed by atoms with E-state index in [9.17, 15) is 4.79 Å². The van der Waals surface area contributed by atoms with Crippen molar-refractivity contribution in [1.82, 2.24) is 0 Å². The maximum absolute atomic E-state index is 10.9. The Bertz CT molecular complexity index is 244. The molecule has 104 valence electrons. The van der Waals surface area contributed by atoms with Gasteiger partial charge in [-0.3, -0.25) is 0 Å². The Morgan fingerprint density at radius 2 is 1.72 bits per heavy atom. The average molecular weight is 250 g/mol. The fourth-order valence-electron chi connectivity index (χ4n) is 4.51. The highest BCUT2D eigenvalue weighted by Crippen LogP contribution is 2.51. The van der Waals surface area contributed by atoms with Gasteiger partial charge in [0.25, 0.3) is 0 Å². The van der Waals surface area contributed by atoms with Crippen LogP contribution >= 0.6 is 0 Å². The molecule has 0 aliphatic heterocycles. The summed E-state index contributed by atoms with van der Waals surface area (Å²) in [6, 6.07) is 0. The van der Waals surface area contributed by atoms with E-state index < -0.39 is 0 Å². The summed E-state index contributed by atoms with van der Waals surface area (Å²) in [6.07, 6.45) is 17.7. The van der Waals surface area contributed by atoms with E-state index >= 15 is 0 Å². The first kappa shape index (κ1) is 14.1. The molecule has 18 heavy (non-hydrogen) atoms. The summed E-state index contributed by atoms with van der Waals surface area (Å²) < 4.78 is 0. The molecule has 0 unspecified atom stereocenters. The lowest BCUT2D eigenvalue weighted by Gasteiger charge is -2.46. The summed E-state index contributed by atoms with van der Waals surface area (Å²) in [7, 11) is 0. The summed E-state index contributed by atoms with van der Waals surface area (Å²) in [5, 5.41) is 0. The lowest BCUT2D eigenvalue weighted by atomic mass is 9.59. The fourth-order valence-corrected chi connectivity index (χ4v) is 4.51. The maximum Gasteiger partial charge on any atom is 0.123 e. The highest BCUT2D eigenvalue weighted by molar-refractivity contribution is 5.53. The summed E-state index contributed by atoms with van der Waals surface area (Å²) in [5.74, 6) is 1.31. The maximum atomic E-state index is 10.9. The number of unbranched alkanes of at least 4 members (excludes halogenated alkanes) is 1. The molecule has 0 spiro atoms. The third-order valence-electron chi connectivity index (χ3n) is 5.71. The molecule has 0 aromatic carbocycles. The summed E-state index contributed by atoms with van der Waals surface area (Å²) >= 11 is 0. The van der Waals surface area contributed by atoms with Crippen molar-refractivity contribution >= 4 is 6.29 Å². The van der Waals surface area contributed by atoms with Crippen LogP contribution in [0.3, 0.4) is 0 Å². The monoisotopic (exact) mass is 250 g/mol. The number of rotatable bonds is 5. The number of hydrogen-bond donors (Lipinski definition) is 0. The summed E-state index contributed by atoms with van der Waals surface area (Å²) in [6.45, 7) is 2.32. The molecule has 1 nitrogen and oxygen atoms in total. The van der Waals surface area contributed by atoms with Crippen LogP contribution in [-0.2, 0) is 4.79 Å². The van der Waals surface area contributed by atoms with Gasteiger partial charge in [-0.05, 0) is 56.3 Å². The zero-order valence-corrected chi connectivity index (χ0v) is 12.1. The molecule has 0 radical (unpaired) electrons. The molecular formula is C17H30O. The quantitative estimate of drug-likeness (QED) is 0.618.